The van der Waals surface area contributed by atoms with Crippen LogP contribution in [0.5, 0.6) is 0 Å². The summed E-state index contributed by atoms with van der Waals surface area (Å²) >= 11 is -0.929. The molecule has 0 spiro atoms. The first-order valence-corrected chi connectivity index (χ1v) is 14.9. The molecule has 176 valence electrons. The van der Waals surface area contributed by atoms with Gasteiger partial charge in [-0.15, -0.1) is 0 Å². The molecule has 2 unspecified atom stereocenters. The van der Waals surface area contributed by atoms with Crippen LogP contribution in [0.3, 0.4) is 0 Å². The third-order valence-electron chi connectivity index (χ3n) is 5.22. The van der Waals surface area contributed by atoms with Crippen molar-refractivity contribution in [2.24, 2.45) is 5.92 Å². The summed E-state index contributed by atoms with van der Waals surface area (Å²) < 4.78 is 27.1. The predicted octanol–water partition coefficient (Wildman–Crippen LogP) is 6.74. The Morgan fingerprint density at radius 3 is 1.55 bits per heavy atom. The molecule has 0 aromatic rings. The molecule has 7 heteroatoms. The molecule has 0 rings (SSSR count). The van der Waals surface area contributed by atoms with Crippen LogP contribution >= 0.6 is 7.82 Å². The van der Waals surface area contributed by atoms with Gasteiger partial charge in [0.1, 0.15) is 11.5 Å². The molecule has 0 aliphatic carbocycles. The van der Waals surface area contributed by atoms with E-state index in [0.717, 1.165) is 12.8 Å². The largest absolute Gasteiger partial charge is 0.616 e. The van der Waals surface area contributed by atoms with Gasteiger partial charge in [-0.1, -0.05) is 115 Å². The van der Waals surface area contributed by atoms with Crippen LogP contribution in [0.25, 0.3) is 0 Å². The highest BCUT2D eigenvalue weighted by Gasteiger charge is 2.19. The number of phosphoric acid groups is 1. The molecule has 0 fully saturated rings. The average Bonchev–Trinajstić information content (AvgIpc) is 2.65. The van der Waals surface area contributed by atoms with Gasteiger partial charge >= 0.3 is 7.82 Å². The number of unbranched alkanes of at least 4 members (excludes halogenated alkanes) is 15. The molecule has 0 heterocycles. The molecule has 2 atom stereocenters. The zero-order valence-corrected chi connectivity index (χ0v) is 20.7. The summed E-state index contributed by atoms with van der Waals surface area (Å²) in [5.41, 5.74) is 0. The van der Waals surface area contributed by atoms with Gasteiger partial charge in [-0.25, -0.2) is 4.57 Å². The summed E-state index contributed by atoms with van der Waals surface area (Å²) in [5.74, 6) is 1.02. The standard InChI is InChI=1S/C22H47O5PS/c1-3-4-5-6-7-8-9-10-11-12-13-14-15-16-17-18-19-29(26)21-22(2)20-27-28(23,24)25/h22H,3-21H2,1-2H3,(H2,23,24,25). The maximum absolute atomic E-state index is 12.0. The highest BCUT2D eigenvalue weighted by molar-refractivity contribution is 7.91. The predicted molar refractivity (Wildman–Crippen MR) is 125 cm³/mol. The first-order chi connectivity index (χ1) is 13.8. The Morgan fingerprint density at radius 1 is 0.793 bits per heavy atom. The highest BCUT2D eigenvalue weighted by Crippen LogP contribution is 2.36. The van der Waals surface area contributed by atoms with Crippen molar-refractivity contribution >= 4 is 19.0 Å². The fraction of sp³-hybridized carbons (Fsp3) is 1.00. The number of phosphoric ester groups is 1. The zero-order valence-electron chi connectivity index (χ0n) is 19.0. The van der Waals surface area contributed by atoms with Gasteiger partial charge in [-0.3, -0.25) is 4.52 Å². The minimum Gasteiger partial charge on any atom is -0.616 e. The van der Waals surface area contributed by atoms with Gasteiger partial charge in [0.2, 0.25) is 0 Å². The number of rotatable bonds is 22. The van der Waals surface area contributed by atoms with E-state index in [1.807, 2.05) is 0 Å². The Hall–Kier alpha value is 0.420. The fourth-order valence-corrected chi connectivity index (χ4v) is 5.36. The molecule has 0 radical (unpaired) electrons. The summed E-state index contributed by atoms with van der Waals surface area (Å²) in [7, 11) is -4.42. The molecule has 0 aromatic carbocycles. The van der Waals surface area contributed by atoms with Crippen LogP contribution in [0.4, 0.5) is 0 Å². The molecule has 0 bridgehead atoms. The molecule has 0 amide bonds. The Kier molecular flexibility index (Phi) is 20.6. The topological polar surface area (TPSA) is 89.8 Å². The Balaban J connectivity index is 3.27. The van der Waals surface area contributed by atoms with Crippen LogP contribution in [0, 0.1) is 5.92 Å². The second-order valence-electron chi connectivity index (χ2n) is 8.51. The first-order valence-electron chi connectivity index (χ1n) is 11.9. The van der Waals surface area contributed by atoms with Crippen molar-refractivity contribution in [1.82, 2.24) is 0 Å². The monoisotopic (exact) mass is 454 g/mol. The second kappa shape index (κ2) is 20.3. The number of hydrogen-bond acceptors (Lipinski definition) is 3. The Bertz CT molecular complexity index is 391. The van der Waals surface area contributed by atoms with E-state index in [4.69, 9.17) is 9.79 Å². The summed E-state index contributed by atoms with van der Waals surface area (Å²) in [6, 6.07) is 0. The van der Waals surface area contributed by atoms with Gasteiger partial charge in [-0.2, -0.15) is 0 Å². The van der Waals surface area contributed by atoms with Crippen molar-refractivity contribution in [1.29, 1.82) is 0 Å². The van der Waals surface area contributed by atoms with Crippen molar-refractivity contribution in [2.75, 3.05) is 18.1 Å². The fourth-order valence-electron chi connectivity index (χ4n) is 3.48. The summed E-state index contributed by atoms with van der Waals surface area (Å²) in [6.07, 6.45) is 21.2. The van der Waals surface area contributed by atoms with Crippen LogP contribution in [0.1, 0.15) is 117 Å². The smallest absolute Gasteiger partial charge is 0.469 e. The van der Waals surface area contributed by atoms with Crippen molar-refractivity contribution in [2.45, 2.75) is 117 Å². The summed E-state index contributed by atoms with van der Waals surface area (Å²) in [4.78, 5) is 17.3. The molecular weight excluding hydrogens is 407 g/mol. The van der Waals surface area contributed by atoms with Gasteiger partial charge in [0.15, 0.2) is 0 Å². The molecule has 29 heavy (non-hydrogen) atoms. The lowest BCUT2D eigenvalue weighted by molar-refractivity contribution is 0.178. The third-order valence-corrected chi connectivity index (χ3v) is 7.39. The maximum Gasteiger partial charge on any atom is 0.469 e. The molecule has 0 aliphatic rings. The van der Waals surface area contributed by atoms with Crippen molar-refractivity contribution in [3.05, 3.63) is 0 Å². The Labute approximate surface area is 183 Å². The minimum absolute atomic E-state index is 0.0467. The van der Waals surface area contributed by atoms with Gasteiger partial charge in [0.25, 0.3) is 0 Å². The van der Waals surface area contributed by atoms with E-state index in [1.54, 1.807) is 6.92 Å². The molecule has 0 saturated carbocycles. The third kappa shape index (κ3) is 24.6. The summed E-state index contributed by atoms with van der Waals surface area (Å²) in [5, 5.41) is 0. The minimum atomic E-state index is -4.42. The van der Waals surface area contributed by atoms with E-state index in [-0.39, 0.29) is 12.5 Å². The van der Waals surface area contributed by atoms with Crippen molar-refractivity contribution < 1.29 is 23.4 Å². The molecule has 5 nitrogen and oxygen atoms in total. The van der Waals surface area contributed by atoms with Gasteiger partial charge < -0.3 is 14.3 Å². The van der Waals surface area contributed by atoms with Crippen LogP contribution < -0.4 is 0 Å². The zero-order chi connectivity index (χ0) is 21.8. The van der Waals surface area contributed by atoms with Gasteiger partial charge in [-0.05, 0) is 12.8 Å². The van der Waals surface area contributed by atoms with E-state index in [2.05, 4.69) is 11.4 Å². The lowest BCUT2D eigenvalue weighted by Gasteiger charge is -2.16. The van der Waals surface area contributed by atoms with Crippen molar-refractivity contribution in [3.8, 4) is 0 Å². The summed E-state index contributed by atoms with van der Waals surface area (Å²) in [6.45, 7) is 4.03. The normalized spacial score (nSPS) is 14.2. The van der Waals surface area contributed by atoms with Gasteiger partial charge in [0, 0.05) is 5.92 Å². The molecule has 0 saturated heterocycles. The van der Waals surface area contributed by atoms with E-state index >= 15 is 0 Å². The van der Waals surface area contributed by atoms with Crippen LogP contribution in [0.2, 0.25) is 0 Å². The second-order valence-corrected chi connectivity index (χ2v) is 11.4. The lowest BCUT2D eigenvalue weighted by Crippen LogP contribution is -2.20. The SMILES string of the molecule is CCCCCCCCCCCCCCCCCC[S+]([O-])CC(C)COP(=O)(O)O. The van der Waals surface area contributed by atoms with E-state index in [9.17, 15) is 9.12 Å². The van der Waals surface area contributed by atoms with Crippen LogP contribution in [-0.2, 0) is 20.3 Å². The van der Waals surface area contributed by atoms with E-state index in [0.29, 0.717) is 11.5 Å². The quantitative estimate of drug-likeness (QED) is 0.107. The lowest BCUT2D eigenvalue weighted by atomic mass is 10.0. The number of hydrogen-bond donors (Lipinski definition) is 2. The molecule has 0 aliphatic heterocycles. The van der Waals surface area contributed by atoms with Crippen LogP contribution in [0.15, 0.2) is 0 Å². The van der Waals surface area contributed by atoms with Crippen LogP contribution in [-0.4, -0.2) is 32.5 Å². The Morgan fingerprint density at radius 2 is 1.17 bits per heavy atom. The van der Waals surface area contributed by atoms with Gasteiger partial charge in [0.05, 0.1) is 6.61 Å². The molecule has 2 N–H and O–H groups in total. The molecule has 0 aromatic heterocycles. The van der Waals surface area contributed by atoms with E-state index in [1.165, 1.54) is 89.9 Å². The average molecular weight is 455 g/mol. The highest BCUT2D eigenvalue weighted by atomic mass is 32.2. The molecular formula is C22H47O5PS. The van der Waals surface area contributed by atoms with E-state index < -0.39 is 19.0 Å². The first kappa shape index (κ1) is 29.4. The van der Waals surface area contributed by atoms with Crippen molar-refractivity contribution in [3.63, 3.8) is 0 Å². The maximum atomic E-state index is 12.0.